The minimum Gasteiger partial charge on any atom is -0.347 e. The van der Waals surface area contributed by atoms with Gasteiger partial charge in [0.15, 0.2) is 0 Å². The fraction of sp³-hybridized carbons (Fsp3) is 0.167. The SMILES string of the molecule is Cc1nc(-c2cncc(CCc3ccc(F)cc3)n2)sc1C(=O)NCc1ccc(F)cc1. The van der Waals surface area contributed by atoms with E-state index in [0.29, 0.717) is 40.7 Å². The lowest BCUT2D eigenvalue weighted by Gasteiger charge is -2.04. The van der Waals surface area contributed by atoms with Crippen molar-refractivity contribution < 1.29 is 13.6 Å². The summed E-state index contributed by atoms with van der Waals surface area (Å²) in [4.78, 5) is 26.5. The van der Waals surface area contributed by atoms with Crippen LogP contribution in [0.4, 0.5) is 8.78 Å². The highest BCUT2D eigenvalue weighted by molar-refractivity contribution is 7.17. The third-order valence-corrected chi connectivity index (χ3v) is 6.03. The zero-order valence-electron chi connectivity index (χ0n) is 17.3. The molecular formula is C24H20F2N4OS. The van der Waals surface area contributed by atoms with Gasteiger partial charge in [-0.25, -0.2) is 18.7 Å². The molecule has 8 heteroatoms. The first-order chi connectivity index (χ1) is 15.5. The Bertz CT molecular complexity index is 1220. The molecule has 162 valence electrons. The highest BCUT2D eigenvalue weighted by Gasteiger charge is 2.17. The lowest BCUT2D eigenvalue weighted by molar-refractivity contribution is 0.0954. The molecule has 2 heterocycles. The van der Waals surface area contributed by atoms with Crippen LogP contribution in [0.5, 0.6) is 0 Å². The Hall–Kier alpha value is -3.52. The zero-order chi connectivity index (χ0) is 22.5. The molecule has 2 aromatic heterocycles. The van der Waals surface area contributed by atoms with Crippen LogP contribution in [0, 0.1) is 18.6 Å². The second-order valence-corrected chi connectivity index (χ2v) is 8.26. The lowest BCUT2D eigenvalue weighted by Crippen LogP contribution is -2.22. The van der Waals surface area contributed by atoms with Crippen LogP contribution in [0.3, 0.4) is 0 Å². The van der Waals surface area contributed by atoms with E-state index in [2.05, 4.69) is 20.3 Å². The number of nitrogens with zero attached hydrogens (tertiary/aromatic N) is 3. The quantitative estimate of drug-likeness (QED) is 0.435. The molecule has 2 aromatic carbocycles. The molecule has 0 aliphatic heterocycles. The van der Waals surface area contributed by atoms with Crippen molar-refractivity contribution in [1.29, 1.82) is 0 Å². The summed E-state index contributed by atoms with van der Waals surface area (Å²) in [7, 11) is 0. The number of hydrogen-bond donors (Lipinski definition) is 1. The second-order valence-electron chi connectivity index (χ2n) is 7.26. The van der Waals surface area contributed by atoms with Crippen LogP contribution in [0.25, 0.3) is 10.7 Å². The minimum atomic E-state index is -0.316. The number of rotatable bonds is 7. The molecule has 0 unspecified atom stereocenters. The summed E-state index contributed by atoms with van der Waals surface area (Å²) >= 11 is 1.26. The molecule has 4 aromatic rings. The minimum absolute atomic E-state index is 0.240. The third kappa shape index (κ3) is 5.39. The van der Waals surface area contributed by atoms with Crippen molar-refractivity contribution in [2.24, 2.45) is 0 Å². The van der Waals surface area contributed by atoms with Crippen molar-refractivity contribution in [2.75, 3.05) is 0 Å². The van der Waals surface area contributed by atoms with Crippen molar-refractivity contribution in [3.8, 4) is 10.7 Å². The smallest absolute Gasteiger partial charge is 0.263 e. The van der Waals surface area contributed by atoms with Gasteiger partial charge in [-0.05, 0) is 55.2 Å². The first-order valence-electron chi connectivity index (χ1n) is 10.0. The Morgan fingerprint density at radius 1 is 0.906 bits per heavy atom. The molecule has 4 rings (SSSR count). The van der Waals surface area contributed by atoms with Gasteiger partial charge in [-0.15, -0.1) is 11.3 Å². The topological polar surface area (TPSA) is 67.8 Å². The second kappa shape index (κ2) is 9.74. The van der Waals surface area contributed by atoms with E-state index in [4.69, 9.17) is 0 Å². The number of carbonyl (C=O) groups excluding carboxylic acids is 1. The summed E-state index contributed by atoms with van der Waals surface area (Å²) < 4.78 is 26.1. The number of aromatic nitrogens is 3. The largest absolute Gasteiger partial charge is 0.347 e. The summed E-state index contributed by atoms with van der Waals surface area (Å²) in [5.74, 6) is -0.813. The van der Waals surface area contributed by atoms with Gasteiger partial charge in [0.1, 0.15) is 27.2 Å². The Labute approximate surface area is 188 Å². The molecule has 1 amide bonds. The maximum Gasteiger partial charge on any atom is 0.263 e. The van der Waals surface area contributed by atoms with E-state index in [1.807, 2.05) is 0 Å². The molecule has 0 aliphatic rings. The van der Waals surface area contributed by atoms with E-state index in [0.717, 1.165) is 16.8 Å². The molecule has 0 radical (unpaired) electrons. The summed E-state index contributed by atoms with van der Waals surface area (Å²) in [6, 6.07) is 12.4. The molecule has 0 spiro atoms. The Balaban J connectivity index is 1.43. The maximum atomic E-state index is 13.1. The first-order valence-corrected chi connectivity index (χ1v) is 10.9. The van der Waals surface area contributed by atoms with Crippen LogP contribution in [0.15, 0.2) is 60.9 Å². The van der Waals surface area contributed by atoms with E-state index >= 15 is 0 Å². The monoisotopic (exact) mass is 450 g/mol. The zero-order valence-corrected chi connectivity index (χ0v) is 18.1. The molecule has 32 heavy (non-hydrogen) atoms. The van der Waals surface area contributed by atoms with Gasteiger partial charge in [0, 0.05) is 12.7 Å². The van der Waals surface area contributed by atoms with Crippen LogP contribution in [-0.4, -0.2) is 20.9 Å². The average molecular weight is 451 g/mol. The maximum absolute atomic E-state index is 13.1. The predicted octanol–water partition coefficient (Wildman–Crippen LogP) is 4.90. The lowest BCUT2D eigenvalue weighted by atomic mass is 10.1. The van der Waals surface area contributed by atoms with E-state index < -0.39 is 0 Å². The third-order valence-electron chi connectivity index (χ3n) is 4.86. The average Bonchev–Trinajstić information content (AvgIpc) is 3.20. The molecule has 0 saturated carbocycles. The van der Waals surface area contributed by atoms with Crippen molar-refractivity contribution in [2.45, 2.75) is 26.3 Å². The molecule has 0 aliphatic carbocycles. The highest BCUT2D eigenvalue weighted by atomic mass is 32.1. The molecular weight excluding hydrogens is 430 g/mol. The van der Waals surface area contributed by atoms with Crippen molar-refractivity contribution in [3.63, 3.8) is 0 Å². The number of carbonyl (C=O) groups is 1. The number of amides is 1. The fourth-order valence-electron chi connectivity index (χ4n) is 3.13. The van der Waals surface area contributed by atoms with Gasteiger partial charge < -0.3 is 5.32 Å². The summed E-state index contributed by atoms with van der Waals surface area (Å²) in [5, 5.41) is 3.46. The molecule has 0 atom stereocenters. The summed E-state index contributed by atoms with van der Waals surface area (Å²) in [6.07, 6.45) is 4.69. The van der Waals surface area contributed by atoms with Crippen LogP contribution >= 0.6 is 11.3 Å². The van der Waals surface area contributed by atoms with Crippen LogP contribution < -0.4 is 5.32 Å². The predicted molar refractivity (Wildman–Crippen MR) is 119 cm³/mol. The van der Waals surface area contributed by atoms with Crippen molar-refractivity contribution >= 4 is 17.2 Å². The number of aryl methyl sites for hydroxylation is 3. The van der Waals surface area contributed by atoms with Crippen LogP contribution in [0.2, 0.25) is 0 Å². The molecule has 1 N–H and O–H groups in total. The molecule has 5 nitrogen and oxygen atoms in total. The van der Waals surface area contributed by atoms with E-state index in [1.165, 1.54) is 35.6 Å². The van der Waals surface area contributed by atoms with Gasteiger partial charge in [0.2, 0.25) is 0 Å². The van der Waals surface area contributed by atoms with Gasteiger partial charge in [0.25, 0.3) is 5.91 Å². The van der Waals surface area contributed by atoms with Crippen molar-refractivity contribution in [3.05, 3.63) is 100.0 Å². The normalized spacial score (nSPS) is 10.8. The Kier molecular flexibility index (Phi) is 6.61. The molecule has 0 bridgehead atoms. The summed E-state index contributed by atoms with van der Waals surface area (Å²) in [6.45, 7) is 2.07. The first kappa shape index (κ1) is 21.7. The van der Waals surface area contributed by atoms with Gasteiger partial charge in [-0.2, -0.15) is 0 Å². The van der Waals surface area contributed by atoms with Gasteiger partial charge >= 0.3 is 0 Å². The van der Waals surface area contributed by atoms with Gasteiger partial charge in [0.05, 0.1) is 17.6 Å². The number of nitrogens with one attached hydrogen (secondary N) is 1. The number of hydrogen-bond acceptors (Lipinski definition) is 5. The highest BCUT2D eigenvalue weighted by Crippen LogP contribution is 2.26. The molecule has 0 saturated heterocycles. The van der Waals surface area contributed by atoms with Crippen LogP contribution in [-0.2, 0) is 19.4 Å². The van der Waals surface area contributed by atoms with Crippen molar-refractivity contribution in [1.82, 2.24) is 20.3 Å². The molecule has 0 fully saturated rings. The van der Waals surface area contributed by atoms with E-state index in [-0.39, 0.29) is 17.5 Å². The Morgan fingerprint density at radius 2 is 1.56 bits per heavy atom. The fourth-order valence-corrected chi connectivity index (χ4v) is 4.07. The van der Waals surface area contributed by atoms with Gasteiger partial charge in [-0.3, -0.25) is 9.78 Å². The Morgan fingerprint density at radius 3 is 2.25 bits per heavy atom. The standard InChI is InChI=1S/C24H20F2N4OS/c1-15-22(23(31)28-12-17-4-9-19(26)10-5-17)32-24(29-15)21-14-27-13-20(30-21)11-6-16-2-7-18(25)8-3-16/h2-5,7-10,13-14H,6,11-12H2,1H3,(H,28,31). The number of benzene rings is 2. The van der Waals surface area contributed by atoms with E-state index in [1.54, 1.807) is 43.6 Å². The van der Waals surface area contributed by atoms with Crippen LogP contribution in [0.1, 0.15) is 32.2 Å². The van der Waals surface area contributed by atoms with Gasteiger partial charge in [-0.1, -0.05) is 24.3 Å². The number of halogens is 2. The summed E-state index contributed by atoms with van der Waals surface area (Å²) in [5.41, 5.74) is 3.83. The number of thiazole rings is 1. The van der Waals surface area contributed by atoms with E-state index in [9.17, 15) is 13.6 Å².